The van der Waals surface area contributed by atoms with Gasteiger partial charge in [0, 0.05) is 32.2 Å². The number of nitrogens with zero attached hydrogens (tertiary/aromatic N) is 4. The zero-order chi connectivity index (χ0) is 27.2. The second-order valence-electron chi connectivity index (χ2n) is 10.8. The molecule has 0 bridgehead atoms. The number of sulfone groups is 1. The Bertz CT molecular complexity index is 1370. The number of hydrogen-bond acceptors (Lipinski definition) is 7. The first-order valence-electron chi connectivity index (χ1n) is 12.4. The lowest BCUT2D eigenvalue weighted by molar-refractivity contribution is 0.0723. The van der Waals surface area contributed by atoms with Crippen molar-refractivity contribution in [2.75, 3.05) is 13.1 Å². The maximum atomic E-state index is 13.5. The molecule has 1 aromatic carbocycles. The maximum absolute atomic E-state index is 13.5. The molecule has 10 nitrogen and oxygen atoms in total. The fourth-order valence-corrected chi connectivity index (χ4v) is 7.87. The Balaban J connectivity index is 1.49. The molecular weight excluding hydrogens is 494 g/mol. The van der Waals surface area contributed by atoms with Crippen LogP contribution in [0.4, 0.5) is 0 Å². The van der Waals surface area contributed by atoms with Gasteiger partial charge in [-0.25, -0.2) is 8.42 Å². The standard InChI is InChI=1S/C26H33N5O5S/c1-17(32)13-25(2,3)37(35,36)26(10-11-26)16-31-12-9-20-21(29-30(4)22(20)24(31)34)23(33)28-15-19-7-5-18(14-27)6-8-19/h5-8,17,32H,9-13,15-16H2,1-4H3,(H,28,33)/t17-/m0/s1. The van der Waals surface area contributed by atoms with Gasteiger partial charge in [0.05, 0.1) is 27.2 Å². The summed E-state index contributed by atoms with van der Waals surface area (Å²) in [6.45, 7) is 5.47. The smallest absolute Gasteiger partial charge is 0.272 e. The SMILES string of the molecule is C[C@H](O)CC(C)(C)S(=O)(=O)C1(CN2CCc3c(C(=O)NCc4ccc(C#N)cc4)nn(C)c3C2=O)CC1. The highest BCUT2D eigenvalue weighted by Crippen LogP contribution is 2.50. The number of aryl methyl sites for hydroxylation is 1. The molecule has 1 aromatic heterocycles. The van der Waals surface area contributed by atoms with Gasteiger partial charge in [-0.1, -0.05) is 12.1 Å². The molecule has 198 valence electrons. The lowest BCUT2D eigenvalue weighted by Gasteiger charge is -2.35. The lowest BCUT2D eigenvalue weighted by Crippen LogP contribution is -2.51. The summed E-state index contributed by atoms with van der Waals surface area (Å²) in [6.07, 6.45) is 0.711. The number of carbonyl (C=O) groups excluding carboxylic acids is 2. The molecule has 2 N–H and O–H groups in total. The zero-order valence-corrected chi connectivity index (χ0v) is 22.4. The number of fused-ring (bicyclic) bond motifs is 1. The predicted molar refractivity (Wildman–Crippen MR) is 136 cm³/mol. The summed E-state index contributed by atoms with van der Waals surface area (Å²) in [5, 5.41) is 25.9. The number of aromatic nitrogens is 2. The van der Waals surface area contributed by atoms with Gasteiger partial charge in [-0.05, 0) is 64.2 Å². The lowest BCUT2D eigenvalue weighted by atomic mass is 10.0. The first-order chi connectivity index (χ1) is 17.3. The molecule has 2 aliphatic rings. The third kappa shape index (κ3) is 4.88. The molecule has 0 saturated heterocycles. The van der Waals surface area contributed by atoms with E-state index in [-0.39, 0.29) is 31.1 Å². The monoisotopic (exact) mass is 527 g/mol. The van der Waals surface area contributed by atoms with Crippen LogP contribution in [-0.4, -0.2) is 68.7 Å². The average Bonchev–Trinajstić information content (AvgIpc) is 3.55. The van der Waals surface area contributed by atoms with Crippen molar-refractivity contribution in [2.45, 2.75) is 68.6 Å². The summed E-state index contributed by atoms with van der Waals surface area (Å²) >= 11 is 0. The van der Waals surface area contributed by atoms with Gasteiger partial charge in [0.1, 0.15) is 5.69 Å². The Morgan fingerprint density at radius 2 is 1.95 bits per heavy atom. The Morgan fingerprint density at radius 1 is 1.30 bits per heavy atom. The van der Waals surface area contributed by atoms with Gasteiger partial charge in [-0.3, -0.25) is 14.3 Å². The highest BCUT2D eigenvalue weighted by Gasteiger charge is 2.61. The molecule has 1 aliphatic heterocycles. The van der Waals surface area contributed by atoms with Crippen LogP contribution in [0, 0.1) is 11.3 Å². The molecule has 1 fully saturated rings. The largest absolute Gasteiger partial charge is 0.393 e. The summed E-state index contributed by atoms with van der Waals surface area (Å²) < 4.78 is 26.4. The van der Waals surface area contributed by atoms with E-state index in [0.717, 1.165) is 5.56 Å². The van der Waals surface area contributed by atoms with Gasteiger partial charge in [0.15, 0.2) is 15.5 Å². The minimum atomic E-state index is -3.64. The number of aliphatic hydroxyl groups excluding tert-OH is 1. The van der Waals surface area contributed by atoms with Crippen LogP contribution in [0.2, 0.25) is 0 Å². The fourth-order valence-electron chi connectivity index (χ4n) is 5.27. The molecule has 0 radical (unpaired) electrons. The van der Waals surface area contributed by atoms with E-state index < -0.39 is 31.3 Å². The molecule has 1 aliphatic carbocycles. The zero-order valence-electron chi connectivity index (χ0n) is 21.6. The number of nitriles is 1. The second kappa shape index (κ2) is 9.58. The topological polar surface area (TPSA) is 145 Å². The summed E-state index contributed by atoms with van der Waals surface area (Å²) in [5.74, 6) is -0.735. The van der Waals surface area contributed by atoms with Gasteiger partial charge in [0.2, 0.25) is 0 Å². The van der Waals surface area contributed by atoms with Gasteiger partial charge in [-0.15, -0.1) is 0 Å². The summed E-state index contributed by atoms with van der Waals surface area (Å²) in [6, 6.07) is 8.93. The third-order valence-corrected chi connectivity index (χ3v) is 10.7. The van der Waals surface area contributed by atoms with E-state index in [1.165, 1.54) is 4.68 Å². The molecule has 4 rings (SSSR count). The van der Waals surface area contributed by atoms with Crippen LogP contribution in [0.15, 0.2) is 24.3 Å². The molecule has 2 aromatic rings. The van der Waals surface area contributed by atoms with Crippen molar-refractivity contribution in [3.63, 3.8) is 0 Å². The van der Waals surface area contributed by atoms with Crippen molar-refractivity contribution < 1.29 is 23.1 Å². The molecule has 37 heavy (non-hydrogen) atoms. The first-order valence-corrected chi connectivity index (χ1v) is 13.8. The van der Waals surface area contributed by atoms with E-state index in [1.807, 2.05) is 0 Å². The number of carbonyl (C=O) groups is 2. The van der Waals surface area contributed by atoms with Crippen LogP contribution < -0.4 is 5.32 Å². The molecule has 0 unspecified atom stereocenters. The van der Waals surface area contributed by atoms with Crippen LogP contribution in [-0.2, 0) is 29.9 Å². The number of amides is 2. The van der Waals surface area contributed by atoms with E-state index >= 15 is 0 Å². The van der Waals surface area contributed by atoms with E-state index in [4.69, 9.17) is 5.26 Å². The van der Waals surface area contributed by atoms with Gasteiger partial charge in [0.25, 0.3) is 11.8 Å². The van der Waals surface area contributed by atoms with E-state index in [1.54, 1.807) is 57.0 Å². The molecule has 0 spiro atoms. The number of aliphatic hydroxyl groups is 1. The van der Waals surface area contributed by atoms with Crippen molar-refractivity contribution in [1.29, 1.82) is 5.26 Å². The van der Waals surface area contributed by atoms with Crippen LogP contribution in [0.25, 0.3) is 0 Å². The van der Waals surface area contributed by atoms with Crippen molar-refractivity contribution in [3.05, 3.63) is 52.3 Å². The first kappa shape index (κ1) is 26.8. The number of rotatable bonds is 9. The minimum absolute atomic E-state index is 0.0856. The average molecular weight is 528 g/mol. The second-order valence-corrected chi connectivity index (χ2v) is 13.7. The van der Waals surface area contributed by atoms with Gasteiger partial charge < -0.3 is 15.3 Å². The molecule has 1 atom stereocenters. The predicted octanol–water partition coefficient (Wildman–Crippen LogP) is 1.72. The molecule has 2 heterocycles. The Morgan fingerprint density at radius 3 is 2.51 bits per heavy atom. The quantitative estimate of drug-likeness (QED) is 0.505. The number of hydrogen-bond donors (Lipinski definition) is 2. The van der Waals surface area contributed by atoms with Crippen molar-refractivity contribution >= 4 is 21.7 Å². The summed E-state index contributed by atoms with van der Waals surface area (Å²) in [5.41, 5.74) is 2.40. The molecule has 2 amide bonds. The molecule has 11 heteroatoms. The number of benzene rings is 1. The molecule has 1 saturated carbocycles. The van der Waals surface area contributed by atoms with Crippen molar-refractivity contribution in [1.82, 2.24) is 20.0 Å². The Kier molecular flexibility index (Phi) is 6.94. The normalized spacial score (nSPS) is 17.6. The van der Waals surface area contributed by atoms with E-state index in [0.29, 0.717) is 42.6 Å². The van der Waals surface area contributed by atoms with Crippen LogP contribution in [0.3, 0.4) is 0 Å². The van der Waals surface area contributed by atoms with E-state index in [9.17, 15) is 23.1 Å². The highest BCUT2D eigenvalue weighted by atomic mass is 32.2. The fraction of sp³-hybridized carbons (Fsp3) is 0.538. The van der Waals surface area contributed by atoms with Crippen molar-refractivity contribution in [2.24, 2.45) is 7.05 Å². The summed E-state index contributed by atoms with van der Waals surface area (Å²) in [4.78, 5) is 27.9. The summed E-state index contributed by atoms with van der Waals surface area (Å²) in [7, 11) is -2.03. The molecular formula is C26H33N5O5S. The van der Waals surface area contributed by atoms with Crippen LogP contribution >= 0.6 is 0 Å². The van der Waals surface area contributed by atoms with Gasteiger partial charge in [-0.2, -0.15) is 10.4 Å². The Hall–Kier alpha value is -3.23. The van der Waals surface area contributed by atoms with Crippen LogP contribution in [0.1, 0.15) is 77.7 Å². The Labute approximate surface area is 217 Å². The van der Waals surface area contributed by atoms with Crippen LogP contribution in [0.5, 0.6) is 0 Å². The van der Waals surface area contributed by atoms with Gasteiger partial charge >= 0.3 is 0 Å². The minimum Gasteiger partial charge on any atom is -0.393 e. The third-order valence-electron chi connectivity index (χ3n) is 7.39. The van der Waals surface area contributed by atoms with Crippen molar-refractivity contribution in [3.8, 4) is 6.07 Å². The van der Waals surface area contributed by atoms with E-state index in [2.05, 4.69) is 16.5 Å². The highest BCUT2D eigenvalue weighted by molar-refractivity contribution is 7.94. The number of nitrogens with one attached hydrogen (secondary N) is 1. The maximum Gasteiger partial charge on any atom is 0.272 e.